The zero-order valence-electron chi connectivity index (χ0n) is 8.66. The van der Waals surface area contributed by atoms with Crippen molar-refractivity contribution < 1.29 is 8.76 Å². The van der Waals surface area contributed by atoms with Gasteiger partial charge < -0.3 is 9.87 Å². The van der Waals surface area contributed by atoms with Gasteiger partial charge >= 0.3 is 0 Å². The van der Waals surface area contributed by atoms with Crippen LogP contribution in [0.15, 0.2) is 18.2 Å². The van der Waals surface area contributed by atoms with E-state index < -0.39 is 11.1 Å². The molecule has 15 heavy (non-hydrogen) atoms. The highest BCUT2D eigenvalue weighted by molar-refractivity contribution is 7.78. The monoisotopic (exact) mass is 224 g/mol. The van der Waals surface area contributed by atoms with Gasteiger partial charge in [-0.05, 0) is 30.9 Å². The number of benzene rings is 1. The van der Waals surface area contributed by atoms with Crippen molar-refractivity contribution in [1.29, 1.82) is 0 Å². The molecule has 0 spiro atoms. The summed E-state index contributed by atoms with van der Waals surface area (Å²) in [6, 6.07) is 6.32. The minimum Gasteiger partial charge on any atom is -0.772 e. The quantitative estimate of drug-likeness (QED) is 0.795. The van der Waals surface area contributed by atoms with E-state index in [9.17, 15) is 8.76 Å². The van der Waals surface area contributed by atoms with Crippen LogP contribution in [0.3, 0.4) is 0 Å². The first kappa shape index (κ1) is 10.6. The molecule has 0 radical (unpaired) electrons. The average molecular weight is 224 g/mol. The molecule has 1 saturated carbocycles. The standard InChI is InChI=1S/C11H15NO2S/c1-8-3-2-4-9(7-15(13)14)11(8)12-10-5-6-10/h2-4,10,12H,5-7H2,1H3,(H,13,14)/p-1. The molecule has 1 N–H and O–H groups in total. The molecule has 0 saturated heterocycles. The second kappa shape index (κ2) is 4.33. The fraction of sp³-hybridized carbons (Fsp3) is 0.455. The second-order valence-electron chi connectivity index (χ2n) is 3.98. The van der Waals surface area contributed by atoms with Gasteiger partial charge in [0.15, 0.2) is 0 Å². The summed E-state index contributed by atoms with van der Waals surface area (Å²) in [6.45, 7) is 2.00. The van der Waals surface area contributed by atoms with Crippen molar-refractivity contribution in [3.8, 4) is 0 Å². The summed E-state index contributed by atoms with van der Waals surface area (Å²) in [7, 11) is 0. The lowest BCUT2D eigenvalue weighted by atomic mass is 10.1. The van der Waals surface area contributed by atoms with Crippen molar-refractivity contribution in [2.45, 2.75) is 31.6 Å². The first-order valence-electron chi connectivity index (χ1n) is 5.07. The summed E-state index contributed by atoms with van der Waals surface area (Å²) in [5, 5.41) is 3.38. The summed E-state index contributed by atoms with van der Waals surface area (Å²) in [5.74, 6) is 0.0940. The number of hydrogen-bond donors (Lipinski definition) is 1. The summed E-state index contributed by atoms with van der Waals surface area (Å²) >= 11 is -2.02. The highest BCUT2D eigenvalue weighted by Gasteiger charge is 2.22. The third-order valence-electron chi connectivity index (χ3n) is 2.56. The maximum atomic E-state index is 10.7. The van der Waals surface area contributed by atoms with E-state index in [0.717, 1.165) is 16.8 Å². The van der Waals surface area contributed by atoms with Gasteiger partial charge in [-0.15, -0.1) is 0 Å². The molecule has 4 heteroatoms. The van der Waals surface area contributed by atoms with Gasteiger partial charge in [-0.25, -0.2) is 0 Å². The van der Waals surface area contributed by atoms with E-state index in [1.165, 1.54) is 12.8 Å². The molecule has 1 aromatic carbocycles. The van der Waals surface area contributed by atoms with Crippen LogP contribution >= 0.6 is 0 Å². The van der Waals surface area contributed by atoms with E-state index >= 15 is 0 Å². The Kier molecular flexibility index (Phi) is 3.07. The molecule has 3 nitrogen and oxygen atoms in total. The molecule has 0 aliphatic heterocycles. The van der Waals surface area contributed by atoms with Crippen molar-refractivity contribution in [2.75, 3.05) is 5.32 Å². The lowest BCUT2D eigenvalue weighted by molar-refractivity contribution is 0.536. The smallest absolute Gasteiger partial charge is 0.0413 e. The predicted octanol–water partition coefficient (Wildman–Crippen LogP) is 1.95. The number of para-hydroxylation sites is 1. The third kappa shape index (κ3) is 2.79. The van der Waals surface area contributed by atoms with Crippen molar-refractivity contribution in [1.82, 2.24) is 0 Å². The van der Waals surface area contributed by atoms with Crippen molar-refractivity contribution in [3.63, 3.8) is 0 Å². The number of aryl methyl sites for hydroxylation is 1. The van der Waals surface area contributed by atoms with Crippen LogP contribution in [0.25, 0.3) is 0 Å². The SMILES string of the molecule is Cc1cccc(CS(=O)[O-])c1NC1CC1. The fourth-order valence-corrected chi connectivity index (χ4v) is 2.11. The number of nitrogens with one attached hydrogen (secondary N) is 1. The second-order valence-corrected chi connectivity index (χ2v) is 4.87. The van der Waals surface area contributed by atoms with Crippen LogP contribution in [-0.2, 0) is 16.8 Å². The van der Waals surface area contributed by atoms with E-state index in [0.29, 0.717) is 6.04 Å². The van der Waals surface area contributed by atoms with Gasteiger partial charge in [-0.1, -0.05) is 29.3 Å². The molecule has 1 fully saturated rings. The van der Waals surface area contributed by atoms with Gasteiger partial charge in [-0.2, -0.15) is 0 Å². The first-order chi connectivity index (χ1) is 7.16. The Morgan fingerprint density at radius 2 is 2.27 bits per heavy atom. The zero-order chi connectivity index (χ0) is 10.8. The van der Waals surface area contributed by atoms with Gasteiger partial charge in [-0.3, -0.25) is 4.21 Å². The summed E-state index contributed by atoms with van der Waals surface area (Å²) in [4.78, 5) is 0. The Balaban J connectivity index is 2.25. The normalized spacial score (nSPS) is 17.5. The lowest BCUT2D eigenvalue weighted by Gasteiger charge is -2.15. The molecule has 82 valence electrons. The third-order valence-corrected chi connectivity index (χ3v) is 3.10. The predicted molar refractivity (Wildman–Crippen MR) is 60.4 cm³/mol. The minimum atomic E-state index is -2.02. The molecule has 0 bridgehead atoms. The Bertz CT molecular complexity index is 388. The largest absolute Gasteiger partial charge is 0.772 e. The number of hydrogen-bond acceptors (Lipinski definition) is 3. The topological polar surface area (TPSA) is 52.2 Å². The molecule has 1 unspecified atom stereocenters. The van der Waals surface area contributed by atoms with E-state index in [1.807, 2.05) is 25.1 Å². The number of anilines is 1. The molecule has 0 amide bonds. The van der Waals surface area contributed by atoms with Crippen LogP contribution in [0.4, 0.5) is 5.69 Å². The van der Waals surface area contributed by atoms with Crippen LogP contribution in [0.5, 0.6) is 0 Å². The molecule has 0 heterocycles. The fourth-order valence-electron chi connectivity index (χ4n) is 1.61. The Morgan fingerprint density at radius 3 is 2.87 bits per heavy atom. The molecular weight excluding hydrogens is 210 g/mol. The van der Waals surface area contributed by atoms with Crippen LogP contribution < -0.4 is 5.32 Å². The van der Waals surface area contributed by atoms with Gasteiger partial charge in [0.05, 0.1) is 0 Å². The van der Waals surface area contributed by atoms with E-state index in [1.54, 1.807) is 0 Å². The number of rotatable bonds is 4. The van der Waals surface area contributed by atoms with E-state index in [2.05, 4.69) is 5.32 Å². The van der Waals surface area contributed by atoms with Crippen LogP contribution in [0, 0.1) is 6.92 Å². The van der Waals surface area contributed by atoms with Crippen LogP contribution in [0.1, 0.15) is 24.0 Å². The van der Waals surface area contributed by atoms with Gasteiger partial charge in [0.25, 0.3) is 0 Å². The Hall–Kier alpha value is -0.870. The van der Waals surface area contributed by atoms with Crippen molar-refractivity contribution >= 4 is 16.8 Å². The minimum absolute atomic E-state index is 0.0940. The van der Waals surface area contributed by atoms with Crippen molar-refractivity contribution in [2.24, 2.45) is 0 Å². The van der Waals surface area contributed by atoms with Crippen LogP contribution in [-0.4, -0.2) is 14.8 Å². The average Bonchev–Trinajstić information content (AvgIpc) is 2.94. The van der Waals surface area contributed by atoms with Crippen LogP contribution in [0.2, 0.25) is 0 Å². The highest BCUT2D eigenvalue weighted by Crippen LogP contribution is 2.29. The summed E-state index contributed by atoms with van der Waals surface area (Å²) in [6.07, 6.45) is 2.38. The maximum absolute atomic E-state index is 10.7. The zero-order valence-corrected chi connectivity index (χ0v) is 9.47. The molecule has 1 aromatic rings. The molecule has 0 aromatic heterocycles. The molecular formula is C11H14NO2S-. The Morgan fingerprint density at radius 1 is 1.53 bits per heavy atom. The Labute approximate surface area is 92.2 Å². The van der Waals surface area contributed by atoms with E-state index in [-0.39, 0.29) is 5.75 Å². The molecule has 1 aliphatic rings. The first-order valence-corrected chi connectivity index (χ1v) is 6.32. The van der Waals surface area contributed by atoms with Gasteiger partial charge in [0.2, 0.25) is 0 Å². The summed E-state index contributed by atoms with van der Waals surface area (Å²) in [5.41, 5.74) is 2.99. The summed E-state index contributed by atoms with van der Waals surface area (Å²) < 4.78 is 21.4. The molecule has 1 atom stereocenters. The van der Waals surface area contributed by atoms with Gasteiger partial charge in [0, 0.05) is 17.5 Å². The molecule has 2 rings (SSSR count). The highest BCUT2D eigenvalue weighted by atomic mass is 32.2. The molecule has 1 aliphatic carbocycles. The van der Waals surface area contributed by atoms with E-state index in [4.69, 9.17) is 0 Å². The maximum Gasteiger partial charge on any atom is 0.0413 e. The lowest BCUT2D eigenvalue weighted by Crippen LogP contribution is -2.07. The van der Waals surface area contributed by atoms with Crippen molar-refractivity contribution in [3.05, 3.63) is 29.3 Å². The van der Waals surface area contributed by atoms with Gasteiger partial charge in [0.1, 0.15) is 0 Å².